The number of ether oxygens (including phenoxy) is 1. The lowest BCUT2D eigenvalue weighted by Gasteiger charge is -2.33. The summed E-state index contributed by atoms with van der Waals surface area (Å²) in [6.07, 6.45) is 7.70. The number of hydrogen-bond donors (Lipinski definition) is 0. The standard InChI is InChI=1S/C24H24ClFN4O/c1-14(30-24(31-2)23-22(29-30)11-17(25)13-28-23)15-3-5-16(6-4-15)19-9-10-27-21-8-7-18(26)12-20(19)21/h7-16H,3-6H2,1-2H3/t14-,15?,16?/m1/s1. The lowest BCUT2D eigenvalue weighted by Crippen LogP contribution is -2.23. The van der Waals surface area contributed by atoms with Crippen LogP contribution in [0.1, 0.15) is 50.1 Å². The number of aromatic nitrogens is 4. The predicted molar refractivity (Wildman–Crippen MR) is 120 cm³/mol. The van der Waals surface area contributed by atoms with Crippen molar-refractivity contribution < 1.29 is 9.13 Å². The van der Waals surface area contributed by atoms with Crippen LogP contribution in [0.3, 0.4) is 0 Å². The van der Waals surface area contributed by atoms with Crippen LogP contribution in [0.25, 0.3) is 21.9 Å². The first-order valence-corrected chi connectivity index (χ1v) is 11.0. The molecule has 7 heteroatoms. The van der Waals surface area contributed by atoms with Gasteiger partial charge in [0.25, 0.3) is 0 Å². The topological polar surface area (TPSA) is 52.8 Å². The van der Waals surface area contributed by atoms with Crippen LogP contribution in [0.2, 0.25) is 5.02 Å². The van der Waals surface area contributed by atoms with E-state index in [9.17, 15) is 4.39 Å². The lowest BCUT2D eigenvalue weighted by molar-refractivity contribution is 0.219. The van der Waals surface area contributed by atoms with Gasteiger partial charge in [-0.15, -0.1) is 0 Å². The van der Waals surface area contributed by atoms with Gasteiger partial charge in [0, 0.05) is 17.8 Å². The van der Waals surface area contributed by atoms with E-state index in [1.807, 2.05) is 16.9 Å². The molecule has 1 aliphatic rings. The van der Waals surface area contributed by atoms with Crippen molar-refractivity contribution in [2.75, 3.05) is 7.11 Å². The van der Waals surface area contributed by atoms with Crippen molar-refractivity contribution >= 4 is 33.5 Å². The summed E-state index contributed by atoms with van der Waals surface area (Å²) >= 11 is 6.10. The molecule has 3 aromatic heterocycles. The van der Waals surface area contributed by atoms with Crippen LogP contribution >= 0.6 is 11.6 Å². The average molecular weight is 439 g/mol. The summed E-state index contributed by atoms with van der Waals surface area (Å²) in [5.74, 6) is 1.35. The molecule has 1 atom stereocenters. The number of nitrogens with zero attached hydrogens (tertiary/aromatic N) is 4. The Morgan fingerprint density at radius 3 is 2.68 bits per heavy atom. The Morgan fingerprint density at radius 2 is 1.90 bits per heavy atom. The van der Waals surface area contributed by atoms with Crippen LogP contribution in [0, 0.1) is 11.7 Å². The zero-order valence-corrected chi connectivity index (χ0v) is 18.3. The predicted octanol–water partition coefficient (Wildman–Crippen LogP) is 6.32. The molecular weight excluding hydrogens is 415 g/mol. The SMILES string of the molecule is COc1c2ncc(Cl)cc2nn1[C@H](C)C1CCC(c2ccnc3ccc(F)cc23)CC1. The van der Waals surface area contributed by atoms with Gasteiger partial charge < -0.3 is 4.74 Å². The zero-order chi connectivity index (χ0) is 21.5. The highest BCUT2D eigenvalue weighted by Gasteiger charge is 2.30. The smallest absolute Gasteiger partial charge is 0.239 e. The third kappa shape index (κ3) is 3.63. The summed E-state index contributed by atoms with van der Waals surface area (Å²) in [5.41, 5.74) is 3.54. The quantitative estimate of drug-likeness (QED) is 0.374. The maximum atomic E-state index is 13.9. The van der Waals surface area contributed by atoms with E-state index in [1.165, 1.54) is 11.6 Å². The minimum atomic E-state index is -0.212. The zero-order valence-electron chi connectivity index (χ0n) is 17.6. The molecule has 0 radical (unpaired) electrons. The molecule has 0 amide bonds. The van der Waals surface area contributed by atoms with E-state index in [2.05, 4.69) is 23.0 Å². The fourth-order valence-electron chi connectivity index (χ4n) is 5.01. The minimum Gasteiger partial charge on any atom is -0.480 e. The Labute approximate surface area is 185 Å². The van der Waals surface area contributed by atoms with Crippen molar-refractivity contribution in [2.24, 2.45) is 5.92 Å². The summed E-state index contributed by atoms with van der Waals surface area (Å²) in [6.45, 7) is 2.19. The van der Waals surface area contributed by atoms with Crippen molar-refractivity contribution in [3.63, 3.8) is 0 Å². The second kappa shape index (κ2) is 8.08. The first kappa shape index (κ1) is 20.2. The molecule has 160 valence electrons. The Bertz CT molecular complexity index is 1250. The van der Waals surface area contributed by atoms with Crippen molar-refractivity contribution in [1.29, 1.82) is 0 Å². The molecule has 5 nitrogen and oxygen atoms in total. The highest BCUT2D eigenvalue weighted by atomic mass is 35.5. The molecule has 3 heterocycles. The van der Waals surface area contributed by atoms with E-state index < -0.39 is 0 Å². The monoisotopic (exact) mass is 438 g/mol. The second-order valence-electron chi connectivity index (χ2n) is 8.39. The van der Waals surface area contributed by atoms with Gasteiger partial charge in [0.1, 0.15) is 11.3 Å². The normalized spacial score (nSPS) is 20.3. The van der Waals surface area contributed by atoms with Crippen LogP contribution in [0.4, 0.5) is 4.39 Å². The fraction of sp³-hybridized carbons (Fsp3) is 0.375. The van der Waals surface area contributed by atoms with Crippen molar-refractivity contribution in [3.8, 4) is 5.88 Å². The first-order chi connectivity index (χ1) is 15.0. The number of hydrogen-bond acceptors (Lipinski definition) is 4. The number of methoxy groups -OCH3 is 1. The van der Waals surface area contributed by atoms with E-state index in [0.717, 1.165) is 47.6 Å². The molecule has 0 spiro atoms. The summed E-state index contributed by atoms with van der Waals surface area (Å²) < 4.78 is 21.5. The number of fused-ring (bicyclic) bond motifs is 2. The van der Waals surface area contributed by atoms with Gasteiger partial charge in [0.2, 0.25) is 5.88 Å². The third-order valence-electron chi connectivity index (χ3n) is 6.67. The molecule has 1 aliphatic carbocycles. The maximum Gasteiger partial charge on any atom is 0.239 e. The highest BCUT2D eigenvalue weighted by Crippen LogP contribution is 2.43. The summed E-state index contributed by atoms with van der Waals surface area (Å²) in [5, 5.41) is 6.24. The van der Waals surface area contributed by atoms with Gasteiger partial charge in [-0.2, -0.15) is 5.10 Å². The van der Waals surface area contributed by atoms with Crippen LogP contribution in [-0.2, 0) is 0 Å². The van der Waals surface area contributed by atoms with Crippen molar-refractivity contribution in [1.82, 2.24) is 19.7 Å². The molecule has 0 aliphatic heterocycles. The summed E-state index contributed by atoms with van der Waals surface area (Å²) in [4.78, 5) is 8.81. The van der Waals surface area contributed by atoms with Gasteiger partial charge in [-0.3, -0.25) is 4.98 Å². The molecule has 0 N–H and O–H groups in total. The maximum absolute atomic E-state index is 13.9. The number of halogens is 2. The molecule has 1 saturated carbocycles. The molecule has 1 aromatic carbocycles. The van der Waals surface area contributed by atoms with Gasteiger partial charge in [-0.1, -0.05) is 11.6 Å². The Kier molecular flexibility index (Phi) is 5.26. The molecule has 31 heavy (non-hydrogen) atoms. The van der Waals surface area contributed by atoms with Crippen molar-refractivity contribution in [2.45, 2.75) is 44.6 Å². The first-order valence-electron chi connectivity index (χ1n) is 10.7. The largest absolute Gasteiger partial charge is 0.480 e. The van der Waals surface area contributed by atoms with E-state index in [-0.39, 0.29) is 11.9 Å². The summed E-state index contributed by atoms with van der Waals surface area (Å²) in [6, 6.07) is 8.90. The van der Waals surface area contributed by atoms with E-state index in [4.69, 9.17) is 21.4 Å². The Hall–Kier alpha value is -2.73. The number of pyridine rings is 2. The average Bonchev–Trinajstić information content (AvgIpc) is 3.15. The molecule has 1 fully saturated rings. The van der Waals surface area contributed by atoms with Crippen molar-refractivity contribution in [3.05, 3.63) is 59.1 Å². The second-order valence-corrected chi connectivity index (χ2v) is 8.83. The van der Waals surface area contributed by atoms with Crippen LogP contribution in [-0.4, -0.2) is 26.9 Å². The third-order valence-corrected chi connectivity index (χ3v) is 6.88. The minimum absolute atomic E-state index is 0.176. The highest BCUT2D eigenvalue weighted by molar-refractivity contribution is 6.31. The van der Waals surface area contributed by atoms with Gasteiger partial charge in [0.05, 0.1) is 23.7 Å². The van der Waals surface area contributed by atoms with E-state index in [1.54, 1.807) is 25.4 Å². The van der Waals surface area contributed by atoms with Crippen LogP contribution < -0.4 is 4.74 Å². The summed E-state index contributed by atoms with van der Waals surface area (Å²) in [7, 11) is 1.65. The molecule has 0 unspecified atom stereocenters. The van der Waals surface area contributed by atoms with Crippen LogP contribution in [0.5, 0.6) is 5.88 Å². The van der Waals surface area contributed by atoms with Gasteiger partial charge in [-0.25, -0.2) is 14.1 Å². The van der Waals surface area contributed by atoms with Gasteiger partial charge in [0.15, 0.2) is 5.52 Å². The van der Waals surface area contributed by atoms with Crippen LogP contribution in [0.15, 0.2) is 42.7 Å². The number of rotatable bonds is 4. The molecule has 4 aromatic rings. The number of benzene rings is 1. The molecule has 0 bridgehead atoms. The van der Waals surface area contributed by atoms with Gasteiger partial charge >= 0.3 is 0 Å². The Balaban J connectivity index is 1.38. The fourth-order valence-corrected chi connectivity index (χ4v) is 5.17. The molecule has 5 rings (SSSR count). The van der Waals surface area contributed by atoms with E-state index >= 15 is 0 Å². The molecule has 0 saturated heterocycles. The Morgan fingerprint density at radius 1 is 1.10 bits per heavy atom. The van der Waals surface area contributed by atoms with E-state index in [0.29, 0.717) is 22.7 Å². The van der Waals surface area contributed by atoms with Gasteiger partial charge in [-0.05, 0) is 80.3 Å². The lowest BCUT2D eigenvalue weighted by atomic mass is 9.75. The molecular formula is C24H24ClFN4O.